The van der Waals surface area contributed by atoms with E-state index >= 15 is 8.78 Å². The summed E-state index contributed by atoms with van der Waals surface area (Å²) in [5.41, 5.74) is 7.93. The third-order valence-corrected chi connectivity index (χ3v) is 8.93. The average Bonchev–Trinajstić information content (AvgIpc) is 3.24. The molecule has 5 N–H and O–H groups in total. The fraction of sp³-hybridized carbons (Fsp3) is 0.545. The van der Waals surface area contributed by atoms with Crippen molar-refractivity contribution >= 4 is 23.3 Å². The van der Waals surface area contributed by atoms with Gasteiger partial charge in [0, 0.05) is 47.7 Å². The molecule has 3 heterocycles. The minimum Gasteiger partial charge on any atom is -0.381 e. The molecule has 5 rings (SSSR count). The molecule has 2 atom stereocenters. The van der Waals surface area contributed by atoms with E-state index < -0.39 is 5.92 Å². The van der Waals surface area contributed by atoms with Crippen molar-refractivity contribution in [3.05, 3.63) is 52.1 Å². The van der Waals surface area contributed by atoms with Gasteiger partial charge in [-0.1, -0.05) is 25.7 Å². The Labute approximate surface area is 252 Å². The Hall–Kier alpha value is -3.55. The lowest BCUT2D eigenvalue weighted by Gasteiger charge is -2.35. The molecular formula is C33H42F2N6O2. The van der Waals surface area contributed by atoms with Gasteiger partial charge in [0.15, 0.2) is 0 Å². The molecule has 2 aromatic rings. The number of pyridine rings is 1. The molecule has 1 saturated carbocycles. The third-order valence-electron chi connectivity index (χ3n) is 8.93. The van der Waals surface area contributed by atoms with Crippen LogP contribution < -0.4 is 21.3 Å². The SMILES string of the molecule is CCCC(=N)C(c1cc(NCC#CN)nc(N2Cc3c(cc(C(C)NCC4CCC4)cc3C(C)(F)F)C2=O)c1)C1COC1. The van der Waals surface area contributed by atoms with E-state index in [-0.39, 0.29) is 48.0 Å². The summed E-state index contributed by atoms with van der Waals surface area (Å²) in [5.74, 6) is 0.637. The molecular weight excluding hydrogens is 550 g/mol. The van der Waals surface area contributed by atoms with Crippen molar-refractivity contribution in [2.75, 3.05) is 36.5 Å². The number of amides is 1. The summed E-state index contributed by atoms with van der Waals surface area (Å²) >= 11 is 0. The minimum atomic E-state index is -3.13. The van der Waals surface area contributed by atoms with Gasteiger partial charge in [0.25, 0.3) is 11.8 Å². The number of nitrogens with one attached hydrogen (secondary N) is 3. The Morgan fingerprint density at radius 1 is 1.26 bits per heavy atom. The van der Waals surface area contributed by atoms with Crippen LogP contribution in [0.15, 0.2) is 24.3 Å². The molecule has 1 saturated heterocycles. The van der Waals surface area contributed by atoms with Crippen molar-refractivity contribution in [1.82, 2.24) is 10.3 Å². The van der Waals surface area contributed by atoms with Crippen LogP contribution in [0.5, 0.6) is 0 Å². The van der Waals surface area contributed by atoms with Crippen LogP contribution in [0, 0.1) is 29.2 Å². The molecule has 3 aliphatic rings. The van der Waals surface area contributed by atoms with Gasteiger partial charge in [-0.05, 0) is 79.6 Å². The Kier molecular flexibility index (Phi) is 9.33. The van der Waals surface area contributed by atoms with E-state index in [4.69, 9.17) is 20.9 Å². The fourth-order valence-electron chi connectivity index (χ4n) is 6.18. The Bertz CT molecular complexity index is 1420. The van der Waals surface area contributed by atoms with E-state index in [1.807, 2.05) is 26.0 Å². The van der Waals surface area contributed by atoms with Crippen LogP contribution in [0.2, 0.25) is 0 Å². The number of hydrogen-bond donors (Lipinski definition) is 4. The first-order valence-corrected chi connectivity index (χ1v) is 15.3. The molecule has 1 aliphatic carbocycles. The molecule has 0 spiro atoms. The molecule has 0 bridgehead atoms. The van der Waals surface area contributed by atoms with Crippen molar-refractivity contribution < 1.29 is 18.3 Å². The number of halogens is 2. The lowest BCUT2D eigenvalue weighted by Crippen LogP contribution is -2.37. The lowest BCUT2D eigenvalue weighted by molar-refractivity contribution is -0.0359. The first kappa shape index (κ1) is 30.9. The van der Waals surface area contributed by atoms with Crippen molar-refractivity contribution in [1.29, 1.82) is 5.41 Å². The number of carbonyl (C=O) groups is 1. The molecule has 230 valence electrons. The summed E-state index contributed by atoms with van der Waals surface area (Å²) in [6.45, 7) is 7.04. The standard InChI is InChI=1S/C33H42F2N6O2/c1-4-7-28(37)31(24-18-43-19-24)23-14-29(38-11-6-10-36)40-30(15-23)41-17-26-25(32(41)42)12-22(13-27(26)33(3,34)35)20(2)39-16-21-8-5-9-21/h12-15,20-21,24,31,37,39H,4-5,7-9,11,16-19,36H2,1-3H3,(H,38,40). The molecule has 2 unspecified atom stereocenters. The van der Waals surface area contributed by atoms with Crippen molar-refractivity contribution in [2.24, 2.45) is 17.6 Å². The third kappa shape index (κ3) is 6.68. The number of alkyl halides is 2. The molecule has 1 aromatic heterocycles. The minimum absolute atomic E-state index is 0.0147. The van der Waals surface area contributed by atoms with Crippen LogP contribution in [0.3, 0.4) is 0 Å². The van der Waals surface area contributed by atoms with E-state index in [9.17, 15) is 4.79 Å². The molecule has 2 fully saturated rings. The molecule has 0 radical (unpaired) electrons. The summed E-state index contributed by atoms with van der Waals surface area (Å²) in [6, 6.07) is 9.20. The second-order valence-corrected chi connectivity index (χ2v) is 12.2. The summed E-state index contributed by atoms with van der Waals surface area (Å²) in [7, 11) is 0. The van der Waals surface area contributed by atoms with Gasteiger partial charge in [-0.25, -0.2) is 13.8 Å². The van der Waals surface area contributed by atoms with Crippen molar-refractivity contribution in [2.45, 2.75) is 77.3 Å². The number of nitrogens with zero attached hydrogens (tertiary/aromatic N) is 2. The Morgan fingerprint density at radius 2 is 2.02 bits per heavy atom. The fourth-order valence-corrected chi connectivity index (χ4v) is 6.18. The van der Waals surface area contributed by atoms with Crippen molar-refractivity contribution in [3.63, 3.8) is 0 Å². The first-order valence-electron chi connectivity index (χ1n) is 15.3. The number of fused-ring (bicyclic) bond motifs is 1. The van der Waals surface area contributed by atoms with Gasteiger partial charge in [-0.15, -0.1) is 0 Å². The number of hydrogen-bond acceptors (Lipinski definition) is 7. The highest BCUT2D eigenvalue weighted by atomic mass is 19.3. The van der Waals surface area contributed by atoms with Gasteiger partial charge in [0.1, 0.15) is 11.6 Å². The van der Waals surface area contributed by atoms with Crippen LogP contribution in [0.25, 0.3) is 0 Å². The summed E-state index contributed by atoms with van der Waals surface area (Å²) in [5, 5.41) is 15.5. The zero-order valence-electron chi connectivity index (χ0n) is 25.2. The second-order valence-electron chi connectivity index (χ2n) is 12.2. The lowest BCUT2D eigenvalue weighted by atomic mass is 9.80. The predicted octanol–water partition coefficient (Wildman–Crippen LogP) is 5.69. The Morgan fingerprint density at radius 3 is 2.63 bits per heavy atom. The predicted molar refractivity (Wildman–Crippen MR) is 165 cm³/mol. The van der Waals surface area contributed by atoms with Gasteiger partial charge in [0.05, 0.1) is 26.3 Å². The van der Waals surface area contributed by atoms with E-state index in [2.05, 4.69) is 22.6 Å². The van der Waals surface area contributed by atoms with Gasteiger partial charge in [0.2, 0.25) is 0 Å². The van der Waals surface area contributed by atoms with E-state index in [1.165, 1.54) is 24.2 Å². The highest BCUT2D eigenvalue weighted by molar-refractivity contribution is 6.10. The largest absolute Gasteiger partial charge is 0.381 e. The van der Waals surface area contributed by atoms with Crippen LogP contribution in [0.4, 0.5) is 20.4 Å². The number of ether oxygens (including phenoxy) is 1. The zero-order chi connectivity index (χ0) is 30.7. The molecule has 10 heteroatoms. The number of rotatable bonds is 13. The normalized spacial score (nSPS) is 18.3. The Balaban J connectivity index is 1.51. The maximum atomic E-state index is 15.1. The van der Waals surface area contributed by atoms with Gasteiger partial charge in [-0.2, -0.15) is 0 Å². The molecule has 1 aromatic carbocycles. The van der Waals surface area contributed by atoms with Crippen LogP contribution >= 0.6 is 0 Å². The quantitative estimate of drug-likeness (QED) is 0.135. The van der Waals surface area contributed by atoms with Crippen molar-refractivity contribution in [3.8, 4) is 12.0 Å². The maximum Gasteiger partial charge on any atom is 0.270 e. The molecule has 2 aliphatic heterocycles. The second kappa shape index (κ2) is 13.0. The van der Waals surface area contributed by atoms with Gasteiger partial charge in [-0.3, -0.25) is 9.69 Å². The van der Waals surface area contributed by atoms with E-state index in [0.29, 0.717) is 54.0 Å². The first-order chi connectivity index (χ1) is 20.6. The van der Waals surface area contributed by atoms with Crippen LogP contribution in [-0.4, -0.2) is 42.9 Å². The number of carbonyl (C=O) groups excluding carboxylic acids is 1. The topological polar surface area (TPSA) is 116 Å². The smallest absolute Gasteiger partial charge is 0.270 e. The molecule has 8 nitrogen and oxygen atoms in total. The summed E-state index contributed by atoms with van der Waals surface area (Å²) in [6.07, 6.45) is 5.08. The molecule has 43 heavy (non-hydrogen) atoms. The van der Waals surface area contributed by atoms with Crippen LogP contribution in [0.1, 0.15) is 97.4 Å². The van der Waals surface area contributed by atoms with Gasteiger partial charge < -0.3 is 26.5 Å². The van der Waals surface area contributed by atoms with Crippen LogP contribution in [-0.2, 0) is 17.2 Å². The number of aromatic nitrogens is 1. The molecule has 1 amide bonds. The zero-order valence-corrected chi connectivity index (χ0v) is 25.2. The maximum absolute atomic E-state index is 15.1. The van der Waals surface area contributed by atoms with Gasteiger partial charge >= 0.3 is 0 Å². The monoisotopic (exact) mass is 592 g/mol. The number of anilines is 2. The summed E-state index contributed by atoms with van der Waals surface area (Å²) in [4.78, 5) is 20.1. The summed E-state index contributed by atoms with van der Waals surface area (Å²) < 4.78 is 35.6. The highest BCUT2D eigenvalue weighted by Crippen LogP contribution is 2.41. The number of benzene rings is 1. The van der Waals surface area contributed by atoms with E-state index in [0.717, 1.165) is 25.5 Å². The highest BCUT2D eigenvalue weighted by Gasteiger charge is 2.39. The average molecular weight is 593 g/mol. The number of nitrogens with two attached hydrogens (primary N) is 1. The van der Waals surface area contributed by atoms with E-state index in [1.54, 1.807) is 12.1 Å².